The zero-order valence-corrected chi connectivity index (χ0v) is 10.1. The maximum atomic E-state index is 5.56. The second-order valence-electron chi connectivity index (χ2n) is 4.09. The van der Waals surface area contributed by atoms with Crippen LogP contribution in [0.5, 0.6) is 0 Å². The van der Waals surface area contributed by atoms with Gasteiger partial charge < -0.3 is 5.73 Å². The van der Waals surface area contributed by atoms with Gasteiger partial charge >= 0.3 is 0 Å². The molecule has 1 aliphatic rings. The van der Waals surface area contributed by atoms with Crippen LogP contribution < -0.4 is 5.73 Å². The van der Waals surface area contributed by atoms with Gasteiger partial charge in [0.2, 0.25) is 5.16 Å². The van der Waals surface area contributed by atoms with Crippen LogP contribution in [0.3, 0.4) is 0 Å². The molecule has 1 fully saturated rings. The number of hydrogen-bond acceptors (Lipinski definition) is 5. The Morgan fingerprint density at radius 1 is 1.29 bits per heavy atom. The molecule has 1 aliphatic carbocycles. The van der Waals surface area contributed by atoms with Crippen molar-refractivity contribution >= 4 is 11.8 Å². The highest BCUT2D eigenvalue weighted by Gasteiger charge is 2.27. The summed E-state index contributed by atoms with van der Waals surface area (Å²) in [6.45, 7) is 0.574. The maximum Gasteiger partial charge on any atom is 0.214 e. The number of hydrogen-bond donors (Lipinski definition) is 1. The molecule has 6 heteroatoms. The molecule has 3 rings (SSSR count). The number of rotatable bonds is 4. The maximum absolute atomic E-state index is 5.56. The van der Waals surface area contributed by atoms with Crippen molar-refractivity contribution in [2.75, 3.05) is 0 Å². The highest BCUT2D eigenvalue weighted by Crippen LogP contribution is 2.37. The van der Waals surface area contributed by atoms with Crippen molar-refractivity contribution < 1.29 is 0 Å². The minimum absolute atomic E-state index is 0.510. The molecule has 0 radical (unpaired) electrons. The van der Waals surface area contributed by atoms with E-state index in [1.54, 1.807) is 11.8 Å². The molecule has 0 spiro atoms. The second kappa shape index (κ2) is 4.46. The molecule has 0 amide bonds. The van der Waals surface area contributed by atoms with Crippen molar-refractivity contribution in [3.8, 4) is 0 Å². The average Bonchev–Trinajstić information content (AvgIpc) is 3.11. The van der Waals surface area contributed by atoms with Gasteiger partial charge in [0, 0.05) is 11.4 Å². The van der Waals surface area contributed by atoms with Gasteiger partial charge in [0.1, 0.15) is 0 Å². The van der Waals surface area contributed by atoms with E-state index in [1.165, 1.54) is 12.8 Å². The third-order valence-electron chi connectivity index (χ3n) is 2.72. The Morgan fingerprint density at radius 2 is 2.06 bits per heavy atom. The summed E-state index contributed by atoms with van der Waals surface area (Å²) in [5.41, 5.74) is 6.70. The van der Waals surface area contributed by atoms with Gasteiger partial charge in [0.25, 0.3) is 0 Å². The average molecular weight is 247 g/mol. The SMILES string of the molecule is NCc1ccc(Sc2nnnn2C2CC2)cc1. The van der Waals surface area contributed by atoms with Crippen LogP contribution in [0.1, 0.15) is 24.4 Å². The van der Waals surface area contributed by atoms with Gasteiger partial charge in [-0.1, -0.05) is 12.1 Å². The number of tetrazole rings is 1. The van der Waals surface area contributed by atoms with E-state index in [0.29, 0.717) is 12.6 Å². The van der Waals surface area contributed by atoms with E-state index >= 15 is 0 Å². The summed E-state index contributed by atoms with van der Waals surface area (Å²) >= 11 is 1.59. The molecular formula is C11H13N5S. The molecule has 0 atom stereocenters. The largest absolute Gasteiger partial charge is 0.326 e. The van der Waals surface area contributed by atoms with Crippen molar-refractivity contribution in [3.05, 3.63) is 29.8 Å². The predicted molar refractivity (Wildman–Crippen MR) is 64.5 cm³/mol. The molecule has 1 heterocycles. The molecule has 0 unspecified atom stereocenters. The molecule has 0 saturated heterocycles. The fraction of sp³-hybridized carbons (Fsp3) is 0.364. The first kappa shape index (κ1) is 10.7. The van der Waals surface area contributed by atoms with Gasteiger partial charge in [0.05, 0.1) is 6.04 Å². The lowest BCUT2D eigenvalue weighted by Gasteiger charge is -2.03. The first-order valence-corrected chi connectivity index (χ1v) is 6.43. The van der Waals surface area contributed by atoms with Crippen LogP contribution in [0, 0.1) is 0 Å². The van der Waals surface area contributed by atoms with Crippen LogP contribution in [0.4, 0.5) is 0 Å². The molecule has 2 N–H and O–H groups in total. The zero-order valence-electron chi connectivity index (χ0n) is 9.28. The van der Waals surface area contributed by atoms with Crippen molar-refractivity contribution in [3.63, 3.8) is 0 Å². The minimum atomic E-state index is 0.510. The number of nitrogens with zero attached hydrogens (tertiary/aromatic N) is 4. The molecule has 5 nitrogen and oxygen atoms in total. The van der Waals surface area contributed by atoms with E-state index < -0.39 is 0 Å². The normalized spacial score (nSPS) is 15.1. The van der Waals surface area contributed by atoms with Crippen LogP contribution in [0.15, 0.2) is 34.3 Å². The highest BCUT2D eigenvalue weighted by atomic mass is 32.2. The van der Waals surface area contributed by atoms with Crippen molar-refractivity contribution in [2.24, 2.45) is 5.73 Å². The summed E-state index contributed by atoms with van der Waals surface area (Å²) in [6.07, 6.45) is 2.37. The molecule has 0 bridgehead atoms. The topological polar surface area (TPSA) is 69.6 Å². The number of aromatic nitrogens is 4. The Balaban J connectivity index is 1.78. The van der Waals surface area contributed by atoms with E-state index in [1.807, 2.05) is 16.8 Å². The lowest BCUT2D eigenvalue weighted by atomic mass is 10.2. The molecule has 0 aliphatic heterocycles. The van der Waals surface area contributed by atoms with E-state index in [9.17, 15) is 0 Å². The lowest BCUT2D eigenvalue weighted by Crippen LogP contribution is -1.98. The first-order valence-electron chi connectivity index (χ1n) is 5.61. The van der Waals surface area contributed by atoms with Crippen LogP contribution in [0.25, 0.3) is 0 Å². The van der Waals surface area contributed by atoms with Crippen LogP contribution in [-0.4, -0.2) is 20.2 Å². The Bertz CT molecular complexity index is 503. The molecule has 1 aromatic carbocycles. The minimum Gasteiger partial charge on any atom is -0.326 e. The summed E-state index contributed by atoms with van der Waals surface area (Å²) in [6, 6.07) is 8.69. The molecular weight excluding hydrogens is 234 g/mol. The summed E-state index contributed by atoms with van der Waals surface area (Å²) < 4.78 is 1.92. The van der Waals surface area contributed by atoms with Crippen molar-refractivity contribution in [1.29, 1.82) is 0 Å². The Morgan fingerprint density at radius 3 is 2.71 bits per heavy atom. The summed E-state index contributed by atoms with van der Waals surface area (Å²) in [5, 5.41) is 12.7. The number of benzene rings is 1. The third kappa shape index (κ3) is 2.32. The summed E-state index contributed by atoms with van der Waals surface area (Å²) in [4.78, 5) is 1.14. The Labute approximate surface area is 103 Å². The quantitative estimate of drug-likeness (QED) is 0.889. The van der Waals surface area contributed by atoms with Crippen molar-refractivity contribution in [2.45, 2.75) is 35.5 Å². The van der Waals surface area contributed by atoms with Gasteiger partial charge in [-0.05, 0) is 52.7 Å². The van der Waals surface area contributed by atoms with E-state index in [0.717, 1.165) is 15.6 Å². The van der Waals surface area contributed by atoms with Gasteiger partial charge in [-0.2, -0.15) is 0 Å². The van der Waals surface area contributed by atoms with Gasteiger partial charge in [-0.15, -0.1) is 5.10 Å². The molecule has 1 saturated carbocycles. The third-order valence-corrected chi connectivity index (χ3v) is 3.68. The van der Waals surface area contributed by atoms with E-state index in [4.69, 9.17) is 5.73 Å². The van der Waals surface area contributed by atoms with E-state index in [2.05, 4.69) is 27.7 Å². The zero-order chi connectivity index (χ0) is 11.7. The van der Waals surface area contributed by atoms with Crippen LogP contribution in [0.2, 0.25) is 0 Å². The lowest BCUT2D eigenvalue weighted by molar-refractivity contribution is 0.565. The van der Waals surface area contributed by atoms with Gasteiger partial charge in [0.15, 0.2) is 0 Å². The Kier molecular flexibility index (Phi) is 2.82. The van der Waals surface area contributed by atoms with Gasteiger partial charge in [-0.3, -0.25) is 0 Å². The first-order chi connectivity index (χ1) is 8.36. The standard InChI is InChI=1S/C11H13N5S/c12-7-8-1-5-10(6-2-8)17-11-13-14-15-16(11)9-3-4-9/h1-2,5-6,9H,3-4,7,12H2. The van der Waals surface area contributed by atoms with Crippen molar-refractivity contribution in [1.82, 2.24) is 20.2 Å². The summed E-state index contributed by atoms with van der Waals surface area (Å²) in [7, 11) is 0. The number of nitrogens with two attached hydrogens (primary N) is 1. The fourth-order valence-corrected chi connectivity index (χ4v) is 2.44. The Hall–Kier alpha value is -1.40. The van der Waals surface area contributed by atoms with Gasteiger partial charge in [-0.25, -0.2) is 4.68 Å². The smallest absolute Gasteiger partial charge is 0.214 e. The molecule has 88 valence electrons. The van der Waals surface area contributed by atoms with Crippen LogP contribution in [-0.2, 0) is 6.54 Å². The molecule has 2 aromatic rings. The van der Waals surface area contributed by atoms with E-state index in [-0.39, 0.29) is 0 Å². The monoisotopic (exact) mass is 247 g/mol. The predicted octanol–water partition coefficient (Wildman–Crippen LogP) is 1.62. The second-order valence-corrected chi connectivity index (χ2v) is 5.13. The van der Waals surface area contributed by atoms with Crippen LogP contribution >= 0.6 is 11.8 Å². The molecule has 17 heavy (non-hydrogen) atoms. The molecule has 1 aromatic heterocycles. The fourth-order valence-electron chi connectivity index (χ4n) is 1.60. The highest BCUT2D eigenvalue weighted by molar-refractivity contribution is 7.99. The summed E-state index contributed by atoms with van der Waals surface area (Å²) in [5.74, 6) is 0.